The minimum atomic E-state index is -1.22. The molecule has 2 aromatic carbocycles. The zero-order valence-corrected chi connectivity index (χ0v) is 13.7. The number of aromatic carboxylic acids is 2. The van der Waals surface area contributed by atoms with Crippen LogP contribution in [0.3, 0.4) is 0 Å². The van der Waals surface area contributed by atoms with E-state index in [2.05, 4.69) is 5.32 Å². The van der Waals surface area contributed by atoms with Gasteiger partial charge in [-0.3, -0.25) is 0 Å². The van der Waals surface area contributed by atoms with Crippen molar-refractivity contribution in [1.29, 1.82) is 0 Å². The van der Waals surface area contributed by atoms with Gasteiger partial charge in [-0.2, -0.15) is 0 Å². The molecule has 3 N–H and O–H groups in total. The average molecular weight is 355 g/mol. The molecule has 0 saturated heterocycles. The SMILES string of the molecule is O=C(NCC=Cc1cc(C(=O)O)cc(C(=O)O)c1)OCc1ccccc1. The molecule has 2 rings (SSSR count). The predicted molar refractivity (Wildman–Crippen MR) is 94.0 cm³/mol. The molecule has 0 aliphatic carbocycles. The van der Waals surface area contributed by atoms with Crippen molar-refractivity contribution in [3.8, 4) is 0 Å². The first kappa shape index (κ1) is 18.7. The van der Waals surface area contributed by atoms with Crippen LogP contribution in [0.25, 0.3) is 6.08 Å². The van der Waals surface area contributed by atoms with Crippen molar-refractivity contribution in [2.75, 3.05) is 6.54 Å². The Labute approximate surface area is 149 Å². The van der Waals surface area contributed by atoms with E-state index in [1.807, 2.05) is 30.3 Å². The van der Waals surface area contributed by atoms with Crippen LogP contribution >= 0.6 is 0 Å². The molecule has 0 unspecified atom stereocenters. The fourth-order valence-electron chi connectivity index (χ4n) is 2.11. The van der Waals surface area contributed by atoms with E-state index in [-0.39, 0.29) is 24.3 Å². The molecule has 0 saturated carbocycles. The van der Waals surface area contributed by atoms with E-state index in [0.29, 0.717) is 5.56 Å². The topological polar surface area (TPSA) is 113 Å². The standard InChI is InChI=1S/C19H17NO6/c21-17(22)15-9-14(10-16(11-15)18(23)24)7-4-8-20-19(25)26-12-13-5-2-1-3-6-13/h1-7,9-11H,8,12H2,(H,20,25)(H,21,22)(H,23,24). The molecule has 0 atom stereocenters. The van der Waals surface area contributed by atoms with E-state index >= 15 is 0 Å². The van der Waals surface area contributed by atoms with Crippen molar-refractivity contribution < 1.29 is 29.3 Å². The Morgan fingerprint density at radius 2 is 1.58 bits per heavy atom. The summed E-state index contributed by atoms with van der Waals surface area (Å²) >= 11 is 0. The van der Waals surface area contributed by atoms with E-state index in [1.54, 1.807) is 6.08 Å². The number of carbonyl (C=O) groups excluding carboxylic acids is 1. The molecule has 0 bridgehead atoms. The van der Waals surface area contributed by atoms with Gasteiger partial charge < -0.3 is 20.3 Å². The number of carbonyl (C=O) groups is 3. The number of rotatable bonds is 7. The Bertz CT molecular complexity index is 797. The first-order chi connectivity index (χ1) is 12.5. The Morgan fingerprint density at radius 1 is 0.962 bits per heavy atom. The lowest BCUT2D eigenvalue weighted by molar-refractivity contribution is 0.0696. The molecular formula is C19H17NO6. The van der Waals surface area contributed by atoms with Crippen LogP contribution in [-0.2, 0) is 11.3 Å². The van der Waals surface area contributed by atoms with Crippen LogP contribution in [0.2, 0.25) is 0 Å². The van der Waals surface area contributed by atoms with Crippen LogP contribution in [-0.4, -0.2) is 34.8 Å². The van der Waals surface area contributed by atoms with Crippen molar-refractivity contribution >= 4 is 24.1 Å². The van der Waals surface area contributed by atoms with Gasteiger partial charge in [-0.05, 0) is 29.3 Å². The van der Waals surface area contributed by atoms with E-state index in [9.17, 15) is 14.4 Å². The molecule has 26 heavy (non-hydrogen) atoms. The van der Waals surface area contributed by atoms with Crippen molar-refractivity contribution in [1.82, 2.24) is 5.32 Å². The Hall–Kier alpha value is -3.61. The van der Waals surface area contributed by atoms with Crippen LogP contribution in [0.4, 0.5) is 4.79 Å². The van der Waals surface area contributed by atoms with Gasteiger partial charge in [0.15, 0.2) is 0 Å². The van der Waals surface area contributed by atoms with Gasteiger partial charge in [-0.1, -0.05) is 42.5 Å². The number of carboxylic acids is 2. The molecule has 134 valence electrons. The first-order valence-electron chi connectivity index (χ1n) is 7.68. The molecule has 0 radical (unpaired) electrons. The number of alkyl carbamates (subject to hydrolysis) is 1. The van der Waals surface area contributed by atoms with Gasteiger partial charge in [0.05, 0.1) is 11.1 Å². The predicted octanol–water partition coefficient (Wildman–Crippen LogP) is 3.02. The van der Waals surface area contributed by atoms with Gasteiger partial charge in [-0.25, -0.2) is 14.4 Å². The second kappa shape index (κ2) is 9.03. The lowest BCUT2D eigenvalue weighted by Gasteiger charge is -2.05. The van der Waals surface area contributed by atoms with Gasteiger partial charge in [0, 0.05) is 6.54 Å². The Balaban J connectivity index is 1.88. The average Bonchev–Trinajstić information content (AvgIpc) is 2.64. The molecule has 2 aromatic rings. The maximum Gasteiger partial charge on any atom is 0.407 e. The van der Waals surface area contributed by atoms with Crippen molar-refractivity contribution in [2.24, 2.45) is 0 Å². The summed E-state index contributed by atoms with van der Waals surface area (Å²) < 4.78 is 5.04. The first-order valence-corrected chi connectivity index (χ1v) is 7.68. The summed E-state index contributed by atoms with van der Waals surface area (Å²) in [5, 5.41) is 20.6. The van der Waals surface area contributed by atoms with E-state index in [1.165, 1.54) is 18.2 Å². The summed E-state index contributed by atoms with van der Waals surface area (Å²) in [6.07, 6.45) is 2.50. The van der Waals surface area contributed by atoms with E-state index in [0.717, 1.165) is 11.6 Å². The Morgan fingerprint density at radius 3 is 2.15 bits per heavy atom. The number of amides is 1. The smallest absolute Gasteiger partial charge is 0.407 e. The molecule has 0 spiro atoms. The van der Waals surface area contributed by atoms with Crippen LogP contribution in [0.15, 0.2) is 54.6 Å². The highest BCUT2D eigenvalue weighted by Gasteiger charge is 2.10. The molecule has 0 aliphatic heterocycles. The van der Waals surface area contributed by atoms with Gasteiger partial charge in [0.25, 0.3) is 0 Å². The number of hydrogen-bond acceptors (Lipinski definition) is 4. The van der Waals surface area contributed by atoms with Crippen LogP contribution in [0, 0.1) is 0 Å². The normalized spacial score (nSPS) is 10.5. The largest absolute Gasteiger partial charge is 0.478 e. The van der Waals surface area contributed by atoms with Crippen LogP contribution in [0.1, 0.15) is 31.8 Å². The summed E-state index contributed by atoms with van der Waals surface area (Å²) in [6, 6.07) is 13.0. The number of carboxylic acid groups (broad SMARTS) is 2. The summed E-state index contributed by atoms with van der Waals surface area (Å²) in [7, 11) is 0. The third-order valence-corrected chi connectivity index (χ3v) is 3.34. The number of nitrogens with one attached hydrogen (secondary N) is 1. The second-order valence-corrected chi connectivity index (χ2v) is 5.30. The maximum atomic E-state index is 11.6. The van der Waals surface area contributed by atoms with Crippen molar-refractivity contribution in [2.45, 2.75) is 6.61 Å². The van der Waals surface area contributed by atoms with Gasteiger partial charge in [0.1, 0.15) is 6.61 Å². The minimum absolute atomic E-state index is 0.125. The third-order valence-electron chi connectivity index (χ3n) is 3.34. The molecule has 1 amide bonds. The van der Waals surface area contributed by atoms with Crippen molar-refractivity contribution in [3.63, 3.8) is 0 Å². The van der Waals surface area contributed by atoms with Gasteiger partial charge in [0.2, 0.25) is 0 Å². The zero-order valence-electron chi connectivity index (χ0n) is 13.7. The number of benzene rings is 2. The van der Waals surface area contributed by atoms with Gasteiger partial charge in [-0.15, -0.1) is 0 Å². The highest BCUT2D eigenvalue weighted by molar-refractivity contribution is 5.94. The molecular weight excluding hydrogens is 338 g/mol. The molecule has 0 fully saturated rings. The lowest BCUT2D eigenvalue weighted by Crippen LogP contribution is -2.24. The highest BCUT2D eigenvalue weighted by Crippen LogP contribution is 2.12. The molecule has 0 aromatic heterocycles. The Kier molecular flexibility index (Phi) is 6.50. The van der Waals surface area contributed by atoms with Gasteiger partial charge >= 0.3 is 18.0 Å². The summed E-state index contributed by atoms with van der Waals surface area (Å²) in [6.45, 7) is 0.298. The molecule has 0 heterocycles. The zero-order chi connectivity index (χ0) is 18.9. The number of hydrogen-bond donors (Lipinski definition) is 3. The minimum Gasteiger partial charge on any atom is -0.478 e. The fourth-order valence-corrected chi connectivity index (χ4v) is 2.11. The van der Waals surface area contributed by atoms with Crippen LogP contribution < -0.4 is 5.32 Å². The highest BCUT2D eigenvalue weighted by atomic mass is 16.5. The summed E-state index contributed by atoms with van der Waals surface area (Å²) in [5.41, 5.74) is 1.02. The maximum absolute atomic E-state index is 11.6. The van der Waals surface area contributed by atoms with E-state index in [4.69, 9.17) is 14.9 Å². The van der Waals surface area contributed by atoms with Crippen LogP contribution in [0.5, 0.6) is 0 Å². The fraction of sp³-hybridized carbons (Fsp3) is 0.105. The quantitative estimate of drug-likeness (QED) is 0.704. The molecule has 7 nitrogen and oxygen atoms in total. The summed E-state index contributed by atoms with van der Waals surface area (Å²) in [5.74, 6) is -2.43. The third kappa shape index (κ3) is 5.79. The molecule has 0 aliphatic rings. The number of ether oxygens (including phenoxy) is 1. The van der Waals surface area contributed by atoms with Crippen molar-refractivity contribution in [3.05, 3.63) is 76.9 Å². The van der Waals surface area contributed by atoms with E-state index < -0.39 is 18.0 Å². The lowest BCUT2D eigenvalue weighted by atomic mass is 10.1. The molecule has 7 heteroatoms. The summed E-state index contributed by atoms with van der Waals surface area (Å²) in [4.78, 5) is 33.7. The monoisotopic (exact) mass is 355 g/mol. The second-order valence-electron chi connectivity index (χ2n) is 5.30.